The standard InChI is InChI=1S/C22H26N6O/c1-13-14(2)26-21(20(23)29)27-22(13)28-11-9-17(12-28)25-15(3)18-8-4-6-16-7-5-10-24-19(16)18/h4-8,10,15,17,25H,9,11-12H2,1-3H3,(H2,23,29)/t15?,17-/m1/s1. The van der Waals surface area contributed by atoms with Crippen molar-refractivity contribution in [1.29, 1.82) is 0 Å². The number of rotatable bonds is 5. The summed E-state index contributed by atoms with van der Waals surface area (Å²) in [7, 11) is 0. The van der Waals surface area contributed by atoms with Gasteiger partial charge in [0.25, 0.3) is 5.91 Å². The number of aromatic nitrogens is 3. The highest BCUT2D eigenvalue weighted by atomic mass is 16.1. The van der Waals surface area contributed by atoms with Crippen LogP contribution in [-0.2, 0) is 0 Å². The number of benzene rings is 1. The number of anilines is 1. The van der Waals surface area contributed by atoms with Crippen molar-refractivity contribution in [3.05, 3.63) is 59.2 Å². The van der Waals surface area contributed by atoms with E-state index in [1.165, 1.54) is 5.56 Å². The molecule has 150 valence electrons. The zero-order chi connectivity index (χ0) is 20.5. The number of primary amides is 1. The number of para-hydroxylation sites is 1. The fourth-order valence-electron chi connectivity index (χ4n) is 4.04. The maximum atomic E-state index is 11.6. The summed E-state index contributed by atoms with van der Waals surface area (Å²) in [4.78, 5) is 27.0. The lowest BCUT2D eigenvalue weighted by Crippen LogP contribution is -2.35. The number of fused-ring (bicyclic) bond motifs is 1. The topological polar surface area (TPSA) is 97.0 Å². The molecule has 0 bridgehead atoms. The lowest BCUT2D eigenvalue weighted by molar-refractivity contribution is 0.0990. The van der Waals surface area contributed by atoms with Gasteiger partial charge in [-0.3, -0.25) is 9.78 Å². The first kappa shape index (κ1) is 19.3. The van der Waals surface area contributed by atoms with E-state index < -0.39 is 5.91 Å². The molecule has 0 radical (unpaired) electrons. The molecule has 2 atom stereocenters. The number of pyridine rings is 1. The first-order valence-corrected chi connectivity index (χ1v) is 9.93. The van der Waals surface area contributed by atoms with Crippen molar-refractivity contribution in [2.24, 2.45) is 5.73 Å². The Morgan fingerprint density at radius 1 is 1.24 bits per heavy atom. The predicted molar refractivity (Wildman–Crippen MR) is 114 cm³/mol. The zero-order valence-electron chi connectivity index (χ0n) is 17.0. The molecule has 1 aliphatic rings. The van der Waals surface area contributed by atoms with E-state index in [4.69, 9.17) is 5.73 Å². The molecule has 2 aromatic heterocycles. The van der Waals surface area contributed by atoms with Crippen LogP contribution in [0.25, 0.3) is 10.9 Å². The van der Waals surface area contributed by atoms with Gasteiger partial charge in [0.15, 0.2) is 0 Å². The normalized spacial score (nSPS) is 17.6. The second-order valence-corrected chi connectivity index (χ2v) is 7.69. The molecule has 0 aliphatic carbocycles. The Bertz CT molecular complexity index is 1060. The Balaban J connectivity index is 1.51. The minimum absolute atomic E-state index is 0.0784. The van der Waals surface area contributed by atoms with Crippen molar-refractivity contribution in [2.75, 3.05) is 18.0 Å². The van der Waals surface area contributed by atoms with Crippen LogP contribution in [0.15, 0.2) is 36.5 Å². The molecule has 0 saturated carbocycles. The first-order valence-electron chi connectivity index (χ1n) is 9.93. The molecule has 1 aliphatic heterocycles. The largest absolute Gasteiger partial charge is 0.363 e. The van der Waals surface area contributed by atoms with Gasteiger partial charge in [-0.25, -0.2) is 9.97 Å². The molecular weight excluding hydrogens is 364 g/mol. The monoisotopic (exact) mass is 390 g/mol. The number of amides is 1. The fraction of sp³-hybridized carbons (Fsp3) is 0.364. The van der Waals surface area contributed by atoms with E-state index in [9.17, 15) is 4.79 Å². The van der Waals surface area contributed by atoms with E-state index in [0.717, 1.165) is 47.5 Å². The SMILES string of the molecule is Cc1nc(C(N)=O)nc(N2CC[C@@H](NC(C)c3cccc4cccnc34)C2)c1C. The molecule has 3 N–H and O–H groups in total. The maximum Gasteiger partial charge on any atom is 0.286 e. The summed E-state index contributed by atoms with van der Waals surface area (Å²) in [6.07, 6.45) is 2.84. The average molecular weight is 390 g/mol. The Hall–Kier alpha value is -3.06. The Labute approximate surface area is 170 Å². The lowest BCUT2D eigenvalue weighted by Gasteiger charge is -2.23. The number of nitrogens with one attached hydrogen (secondary N) is 1. The number of carbonyl (C=O) groups is 1. The highest BCUT2D eigenvalue weighted by Gasteiger charge is 2.27. The Morgan fingerprint density at radius 3 is 2.83 bits per heavy atom. The zero-order valence-corrected chi connectivity index (χ0v) is 17.0. The van der Waals surface area contributed by atoms with E-state index in [0.29, 0.717) is 6.04 Å². The van der Waals surface area contributed by atoms with E-state index in [2.05, 4.69) is 56.4 Å². The van der Waals surface area contributed by atoms with Crippen molar-refractivity contribution in [2.45, 2.75) is 39.3 Å². The fourth-order valence-corrected chi connectivity index (χ4v) is 4.04. The van der Waals surface area contributed by atoms with Crippen molar-refractivity contribution in [1.82, 2.24) is 20.3 Å². The van der Waals surface area contributed by atoms with Gasteiger partial charge in [-0.15, -0.1) is 0 Å². The van der Waals surface area contributed by atoms with E-state index in [1.807, 2.05) is 26.1 Å². The van der Waals surface area contributed by atoms with Crippen LogP contribution in [0.5, 0.6) is 0 Å². The second kappa shape index (κ2) is 7.75. The quantitative estimate of drug-likeness (QED) is 0.695. The third kappa shape index (κ3) is 3.78. The van der Waals surface area contributed by atoms with Crippen LogP contribution in [-0.4, -0.2) is 40.0 Å². The minimum Gasteiger partial charge on any atom is -0.363 e. The van der Waals surface area contributed by atoms with E-state index in [1.54, 1.807) is 0 Å². The average Bonchev–Trinajstić information content (AvgIpc) is 3.17. The van der Waals surface area contributed by atoms with Gasteiger partial charge in [-0.05, 0) is 38.8 Å². The molecule has 1 amide bonds. The van der Waals surface area contributed by atoms with Crippen molar-refractivity contribution in [3.63, 3.8) is 0 Å². The lowest BCUT2D eigenvalue weighted by atomic mass is 10.0. The molecule has 1 aromatic carbocycles. The number of nitrogens with two attached hydrogens (primary N) is 1. The predicted octanol–water partition coefficient (Wildman–Crippen LogP) is 2.67. The Morgan fingerprint density at radius 2 is 2.03 bits per heavy atom. The van der Waals surface area contributed by atoms with Gasteiger partial charge in [0.1, 0.15) is 5.82 Å². The van der Waals surface area contributed by atoms with Crippen LogP contribution in [0.1, 0.15) is 46.8 Å². The third-order valence-electron chi connectivity index (χ3n) is 5.69. The van der Waals surface area contributed by atoms with Gasteiger partial charge < -0.3 is 16.0 Å². The third-order valence-corrected chi connectivity index (χ3v) is 5.69. The van der Waals surface area contributed by atoms with Crippen LogP contribution in [0.4, 0.5) is 5.82 Å². The van der Waals surface area contributed by atoms with Crippen LogP contribution in [0, 0.1) is 13.8 Å². The summed E-state index contributed by atoms with van der Waals surface area (Å²) in [5.74, 6) is 0.282. The molecule has 0 spiro atoms. The van der Waals surface area contributed by atoms with Crippen LogP contribution >= 0.6 is 0 Å². The smallest absolute Gasteiger partial charge is 0.286 e. The van der Waals surface area contributed by atoms with E-state index >= 15 is 0 Å². The molecule has 29 heavy (non-hydrogen) atoms. The molecule has 1 unspecified atom stereocenters. The van der Waals surface area contributed by atoms with Crippen LogP contribution < -0.4 is 16.0 Å². The van der Waals surface area contributed by atoms with Gasteiger partial charge in [-0.1, -0.05) is 24.3 Å². The number of hydrogen-bond acceptors (Lipinski definition) is 6. The summed E-state index contributed by atoms with van der Waals surface area (Å²) in [5, 5.41) is 4.89. The number of nitrogens with zero attached hydrogens (tertiary/aromatic N) is 4. The first-order chi connectivity index (χ1) is 13.9. The molecule has 7 nitrogen and oxygen atoms in total. The molecule has 3 aromatic rings. The van der Waals surface area contributed by atoms with Crippen LogP contribution in [0.2, 0.25) is 0 Å². The number of aryl methyl sites for hydroxylation is 1. The number of carbonyl (C=O) groups excluding carboxylic acids is 1. The van der Waals surface area contributed by atoms with Gasteiger partial charge >= 0.3 is 0 Å². The molecule has 7 heteroatoms. The van der Waals surface area contributed by atoms with Crippen molar-refractivity contribution in [3.8, 4) is 0 Å². The summed E-state index contributed by atoms with van der Waals surface area (Å²) in [5.41, 5.74) is 9.42. The van der Waals surface area contributed by atoms with Gasteiger partial charge in [0.2, 0.25) is 5.82 Å². The second-order valence-electron chi connectivity index (χ2n) is 7.69. The molecule has 3 heterocycles. The summed E-state index contributed by atoms with van der Waals surface area (Å²) in [6.45, 7) is 7.73. The Kier molecular flexibility index (Phi) is 5.15. The molecular formula is C22H26N6O. The van der Waals surface area contributed by atoms with Gasteiger partial charge in [0.05, 0.1) is 5.52 Å². The molecule has 1 fully saturated rings. The maximum absolute atomic E-state index is 11.6. The van der Waals surface area contributed by atoms with Crippen molar-refractivity contribution >= 4 is 22.6 Å². The minimum atomic E-state index is -0.597. The summed E-state index contributed by atoms with van der Waals surface area (Å²) in [6, 6.07) is 10.8. The summed E-state index contributed by atoms with van der Waals surface area (Å²) >= 11 is 0. The number of hydrogen-bond donors (Lipinski definition) is 2. The van der Waals surface area contributed by atoms with E-state index in [-0.39, 0.29) is 11.9 Å². The molecule has 1 saturated heterocycles. The van der Waals surface area contributed by atoms with Crippen LogP contribution in [0.3, 0.4) is 0 Å². The van der Waals surface area contributed by atoms with Gasteiger partial charge in [0, 0.05) is 48.0 Å². The van der Waals surface area contributed by atoms with Crippen molar-refractivity contribution < 1.29 is 4.79 Å². The van der Waals surface area contributed by atoms with Gasteiger partial charge in [-0.2, -0.15) is 0 Å². The molecule has 4 rings (SSSR count). The highest BCUT2D eigenvalue weighted by Crippen LogP contribution is 2.27. The highest BCUT2D eigenvalue weighted by molar-refractivity contribution is 5.89. The summed E-state index contributed by atoms with van der Waals surface area (Å²) < 4.78 is 0.